The molecule has 0 saturated carbocycles. The topological polar surface area (TPSA) is 116 Å². The molecule has 1 aromatic carbocycles. The number of rotatable bonds is 9. The monoisotopic (exact) mass is 693 g/mol. The summed E-state index contributed by atoms with van der Waals surface area (Å²) in [6.07, 6.45) is -2.23. The van der Waals surface area contributed by atoms with Gasteiger partial charge in [-0.3, -0.25) is 19.5 Å². The predicted octanol–water partition coefficient (Wildman–Crippen LogP) is 6.10. The molecule has 1 atom stereocenters. The third-order valence-electron chi connectivity index (χ3n) is 9.34. The zero-order chi connectivity index (χ0) is 34.5. The second-order valence-corrected chi connectivity index (χ2v) is 12.9. The highest BCUT2D eigenvalue weighted by Crippen LogP contribution is 2.45. The predicted molar refractivity (Wildman–Crippen MR) is 173 cm³/mol. The van der Waals surface area contributed by atoms with Gasteiger partial charge in [0.1, 0.15) is 11.7 Å². The Labute approximate surface area is 284 Å². The van der Waals surface area contributed by atoms with Crippen molar-refractivity contribution in [1.29, 1.82) is 0 Å². The largest absolute Gasteiger partial charge is 0.481 e. The number of methoxy groups -OCH3 is 2. The van der Waals surface area contributed by atoms with Crippen LogP contribution in [-0.2, 0) is 23.9 Å². The van der Waals surface area contributed by atoms with E-state index in [0.717, 1.165) is 29.8 Å². The maximum absolute atomic E-state index is 14.0. The van der Waals surface area contributed by atoms with E-state index in [1.54, 1.807) is 31.5 Å². The smallest absolute Gasteiger partial charge is 0.421 e. The van der Waals surface area contributed by atoms with Crippen molar-refractivity contribution in [2.24, 2.45) is 5.41 Å². The van der Waals surface area contributed by atoms with Gasteiger partial charge in [0.15, 0.2) is 6.29 Å². The summed E-state index contributed by atoms with van der Waals surface area (Å²) < 4.78 is 58.5. The molecule has 254 valence electrons. The molecule has 2 fully saturated rings. The van der Waals surface area contributed by atoms with Crippen molar-refractivity contribution in [3.8, 4) is 40.2 Å². The first-order valence-electron chi connectivity index (χ1n) is 15.6. The van der Waals surface area contributed by atoms with Crippen molar-refractivity contribution in [3.05, 3.63) is 81.5 Å². The van der Waals surface area contributed by atoms with Crippen molar-refractivity contribution in [2.45, 2.75) is 38.1 Å². The summed E-state index contributed by atoms with van der Waals surface area (Å²) >= 11 is 7.02. The molecule has 3 aromatic heterocycles. The number of benzene rings is 1. The quantitative estimate of drug-likeness (QED) is 0.208. The fourth-order valence-electron chi connectivity index (χ4n) is 7.11. The second kappa shape index (κ2) is 12.6. The van der Waals surface area contributed by atoms with Crippen molar-refractivity contribution in [3.63, 3.8) is 0 Å². The second-order valence-electron chi connectivity index (χ2n) is 12.6. The first-order chi connectivity index (χ1) is 23.5. The fraction of sp³-hybridized carbons (Fsp3) is 0.343. The molecule has 1 amide bonds. The number of nitrogens with one attached hydrogen (secondary N) is 1. The van der Waals surface area contributed by atoms with Crippen molar-refractivity contribution >= 4 is 23.8 Å². The average molecular weight is 694 g/mol. The molecule has 5 heterocycles. The molecule has 1 spiro atoms. The van der Waals surface area contributed by atoms with E-state index in [9.17, 15) is 22.8 Å². The molecule has 0 radical (unpaired) electrons. The number of aromatic nitrogens is 3. The summed E-state index contributed by atoms with van der Waals surface area (Å²) in [5.74, 6) is -0.354. The van der Waals surface area contributed by atoms with E-state index >= 15 is 0 Å². The van der Waals surface area contributed by atoms with Crippen LogP contribution < -0.4 is 19.5 Å². The van der Waals surface area contributed by atoms with Crippen molar-refractivity contribution < 1.29 is 37.0 Å². The van der Waals surface area contributed by atoms with Gasteiger partial charge < -0.3 is 19.5 Å². The SMILES string of the molecule is COc1nc(O[C@H]2CCc3c(-c4nccc(-c5ccc(CN6CC7(CNC(=O)C7)C6)c(OC)n5)c4Cl)cccc32)c(C(F)(F)F)cc1C=O. The standard InChI is InChI=1S/C35H31ClF3N5O5/c1-47-31-19(14-44-17-34(18-44)13-28(46)41-16-34)6-8-26(42-31)24-10-11-40-30(29(24)36)23-5-3-4-22-21(23)7-9-27(22)49-33-25(35(37,38)39)12-20(15-45)32(43-33)48-2/h3-6,8,10-12,15,27H,7,9,13-14,16-18H2,1-2H3,(H,41,46)/t27-/m0/s1. The lowest BCUT2D eigenvalue weighted by Gasteiger charge is -2.47. The van der Waals surface area contributed by atoms with Gasteiger partial charge in [0.2, 0.25) is 23.5 Å². The molecule has 0 unspecified atom stereocenters. The van der Waals surface area contributed by atoms with E-state index in [4.69, 9.17) is 30.8 Å². The lowest BCUT2D eigenvalue weighted by Crippen LogP contribution is -2.56. The number of fused-ring (bicyclic) bond motifs is 1. The fourth-order valence-corrected chi connectivity index (χ4v) is 7.42. The number of halogens is 4. The van der Waals surface area contributed by atoms with Crippen molar-refractivity contribution in [1.82, 2.24) is 25.2 Å². The van der Waals surface area contributed by atoms with E-state index in [1.165, 1.54) is 7.11 Å². The van der Waals surface area contributed by atoms with Crippen LogP contribution in [0.4, 0.5) is 13.2 Å². The first kappa shape index (κ1) is 32.8. The summed E-state index contributed by atoms with van der Waals surface area (Å²) in [7, 11) is 2.79. The van der Waals surface area contributed by atoms with Crippen LogP contribution in [0.1, 0.15) is 51.6 Å². The number of alkyl halides is 3. The van der Waals surface area contributed by atoms with Gasteiger partial charge in [-0.1, -0.05) is 35.9 Å². The van der Waals surface area contributed by atoms with E-state index < -0.39 is 23.7 Å². The highest BCUT2D eigenvalue weighted by atomic mass is 35.5. The number of hydrogen-bond donors (Lipinski definition) is 1. The minimum atomic E-state index is -4.81. The Morgan fingerprint density at radius 1 is 1.06 bits per heavy atom. The summed E-state index contributed by atoms with van der Waals surface area (Å²) in [5, 5.41) is 3.29. The first-order valence-corrected chi connectivity index (χ1v) is 16.0. The summed E-state index contributed by atoms with van der Waals surface area (Å²) in [6, 6.07) is 11.7. The minimum Gasteiger partial charge on any atom is -0.481 e. The molecule has 14 heteroatoms. The molecule has 7 rings (SSSR count). The van der Waals surface area contributed by atoms with Gasteiger partial charge in [-0.05, 0) is 42.2 Å². The van der Waals surface area contributed by atoms with Crippen LogP contribution in [0.15, 0.2) is 48.7 Å². The number of hydrogen-bond acceptors (Lipinski definition) is 9. The summed E-state index contributed by atoms with van der Waals surface area (Å²) in [4.78, 5) is 38.6. The Kier molecular flexibility index (Phi) is 8.44. The van der Waals surface area contributed by atoms with E-state index in [0.29, 0.717) is 71.8 Å². The molecule has 3 aliphatic rings. The molecule has 0 bridgehead atoms. The Bertz CT molecular complexity index is 1970. The maximum atomic E-state index is 14.0. The van der Waals surface area contributed by atoms with Crippen LogP contribution in [0.5, 0.6) is 17.6 Å². The van der Waals surface area contributed by atoms with Crippen LogP contribution in [-0.4, -0.2) is 65.9 Å². The number of aldehydes is 1. The van der Waals surface area contributed by atoms with E-state index in [1.807, 2.05) is 18.2 Å². The zero-order valence-corrected chi connectivity index (χ0v) is 27.3. The average Bonchev–Trinajstić information content (AvgIpc) is 3.67. The molecular weight excluding hydrogens is 663 g/mol. The van der Waals surface area contributed by atoms with Crippen LogP contribution >= 0.6 is 11.6 Å². The molecule has 1 N–H and O–H groups in total. The molecule has 1 aliphatic carbocycles. The Morgan fingerprint density at radius 2 is 1.86 bits per heavy atom. The van der Waals surface area contributed by atoms with Crippen LogP contribution in [0.2, 0.25) is 5.02 Å². The lowest BCUT2D eigenvalue weighted by molar-refractivity contribution is -0.139. The van der Waals surface area contributed by atoms with Gasteiger partial charge in [-0.25, -0.2) is 4.98 Å². The normalized spacial score (nSPS) is 18.2. The lowest BCUT2D eigenvalue weighted by atomic mass is 9.79. The Hall–Kier alpha value is -4.75. The molecule has 4 aromatic rings. The Balaban J connectivity index is 1.15. The van der Waals surface area contributed by atoms with Gasteiger partial charge >= 0.3 is 6.18 Å². The third kappa shape index (κ3) is 6.05. The third-order valence-corrected chi connectivity index (χ3v) is 9.72. The Morgan fingerprint density at radius 3 is 2.55 bits per heavy atom. The minimum absolute atomic E-state index is 0.0154. The molecule has 2 saturated heterocycles. The highest BCUT2D eigenvalue weighted by molar-refractivity contribution is 6.35. The summed E-state index contributed by atoms with van der Waals surface area (Å²) in [5.41, 5.74) is 3.42. The zero-order valence-electron chi connectivity index (χ0n) is 26.6. The highest BCUT2D eigenvalue weighted by Gasteiger charge is 2.48. The van der Waals surface area contributed by atoms with E-state index in [2.05, 4.69) is 20.2 Å². The van der Waals surface area contributed by atoms with Gasteiger partial charge in [-0.2, -0.15) is 18.2 Å². The van der Waals surface area contributed by atoms with Gasteiger partial charge in [0.25, 0.3) is 0 Å². The number of amides is 1. The molecule has 2 aliphatic heterocycles. The van der Waals surface area contributed by atoms with Gasteiger partial charge in [0.05, 0.1) is 36.2 Å². The number of nitrogens with zero attached hydrogens (tertiary/aromatic N) is 4. The molecular formula is C35H31ClF3N5O5. The molecule has 10 nitrogen and oxygen atoms in total. The van der Waals surface area contributed by atoms with Gasteiger partial charge in [-0.15, -0.1) is 0 Å². The van der Waals surface area contributed by atoms with E-state index in [-0.39, 0.29) is 29.1 Å². The number of carbonyl (C=O) groups is 2. The van der Waals surface area contributed by atoms with Crippen LogP contribution in [0, 0.1) is 5.41 Å². The van der Waals surface area contributed by atoms with Gasteiger partial charge in [0, 0.05) is 60.9 Å². The van der Waals surface area contributed by atoms with Crippen LogP contribution in [0.3, 0.4) is 0 Å². The maximum Gasteiger partial charge on any atom is 0.421 e. The number of likely N-dealkylation sites (tertiary alicyclic amines) is 1. The summed E-state index contributed by atoms with van der Waals surface area (Å²) in [6.45, 7) is 2.99. The molecule has 49 heavy (non-hydrogen) atoms. The number of ether oxygens (including phenoxy) is 3. The van der Waals surface area contributed by atoms with Crippen LogP contribution in [0.25, 0.3) is 22.5 Å². The van der Waals surface area contributed by atoms with Crippen molar-refractivity contribution in [2.75, 3.05) is 33.9 Å². The number of pyridine rings is 3. The number of carbonyl (C=O) groups excluding carboxylic acids is 2.